The molecule has 3 nitrogen and oxygen atoms in total. The summed E-state index contributed by atoms with van der Waals surface area (Å²) in [4.78, 5) is 14.9. The summed E-state index contributed by atoms with van der Waals surface area (Å²) < 4.78 is 0. The van der Waals surface area contributed by atoms with E-state index in [1.165, 1.54) is 21.2 Å². The van der Waals surface area contributed by atoms with Crippen molar-refractivity contribution < 1.29 is 0 Å². The maximum absolute atomic E-state index is 5.06. The van der Waals surface area contributed by atoms with Crippen LogP contribution in [-0.4, -0.2) is 9.97 Å². The molecule has 4 heteroatoms. The Morgan fingerprint density at radius 2 is 1.11 bits per heavy atom. The van der Waals surface area contributed by atoms with Gasteiger partial charge in [0.25, 0.3) is 0 Å². The maximum atomic E-state index is 5.06. The molecule has 0 bridgehead atoms. The van der Waals surface area contributed by atoms with Gasteiger partial charge in [-0.15, -0.1) is 0 Å². The SMILES string of the molecule is c1ccc(-c2nc(-c3ccccc3)c3ccc(N4c5ccccc5Sc5ccccc54)cc3n2)cc1. The van der Waals surface area contributed by atoms with Crippen molar-refractivity contribution in [1.82, 2.24) is 9.97 Å². The first kappa shape index (κ1) is 20.9. The molecule has 0 N–H and O–H groups in total. The largest absolute Gasteiger partial charge is 0.308 e. The molecular formula is C32H21N3S. The van der Waals surface area contributed by atoms with Gasteiger partial charge in [-0.05, 0) is 42.5 Å². The highest BCUT2D eigenvalue weighted by Gasteiger charge is 2.25. The zero-order valence-electron chi connectivity index (χ0n) is 19.4. The van der Waals surface area contributed by atoms with Gasteiger partial charge in [-0.25, -0.2) is 9.97 Å². The van der Waals surface area contributed by atoms with E-state index in [0.29, 0.717) is 0 Å². The quantitative estimate of drug-likeness (QED) is 0.253. The van der Waals surface area contributed by atoms with Crippen LogP contribution in [0.15, 0.2) is 137 Å². The summed E-state index contributed by atoms with van der Waals surface area (Å²) in [5.74, 6) is 0.731. The van der Waals surface area contributed by atoms with Gasteiger partial charge in [0, 0.05) is 32.0 Å². The molecule has 0 spiro atoms. The van der Waals surface area contributed by atoms with E-state index in [1.807, 2.05) is 36.0 Å². The molecule has 5 aromatic carbocycles. The van der Waals surface area contributed by atoms with Crippen molar-refractivity contribution in [1.29, 1.82) is 0 Å². The Morgan fingerprint density at radius 1 is 0.528 bits per heavy atom. The van der Waals surface area contributed by atoms with Crippen molar-refractivity contribution >= 4 is 39.7 Å². The van der Waals surface area contributed by atoms with Gasteiger partial charge in [0.05, 0.1) is 22.6 Å². The normalized spacial score (nSPS) is 12.3. The second kappa shape index (κ2) is 8.67. The number of hydrogen-bond donors (Lipinski definition) is 0. The molecule has 0 radical (unpaired) electrons. The number of fused-ring (bicyclic) bond motifs is 3. The van der Waals surface area contributed by atoms with E-state index < -0.39 is 0 Å². The number of hydrogen-bond acceptors (Lipinski definition) is 4. The topological polar surface area (TPSA) is 29.0 Å². The summed E-state index contributed by atoms with van der Waals surface area (Å²) in [5.41, 5.74) is 7.41. The zero-order valence-corrected chi connectivity index (χ0v) is 20.2. The third-order valence-electron chi connectivity index (χ3n) is 6.45. The highest BCUT2D eigenvalue weighted by atomic mass is 32.2. The van der Waals surface area contributed by atoms with Crippen LogP contribution in [0.4, 0.5) is 17.1 Å². The predicted octanol–water partition coefficient (Wildman–Crippen LogP) is 8.90. The lowest BCUT2D eigenvalue weighted by Crippen LogP contribution is -2.14. The standard InChI is InChI=1S/C32H21N3S/c1-3-11-22(12-4-1)31-25-20-19-24(21-26(25)33-32(34-31)23-13-5-2-6-14-23)35-27-15-7-9-17-29(27)36-30-18-10-8-16-28(30)35/h1-21H. The van der Waals surface area contributed by atoms with Gasteiger partial charge in [0.1, 0.15) is 0 Å². The van der Waals surface area contributed by atoms with Gasteiger partial charge < -0.3 is 4.90 Å². The van der Waals surface area contributed by atoms with E-state index >= 15 is 0 Å². The van der Waals surface area contributed by atoms with Crippen LogP contribution in [0.3, 0.4) is 0 Å². The molecule has 0 unspecified atom stereocenters. The second-order valence-electron chi connectivity index (χ2n) is 8.70. The molecule has 1 aliphatic heterocycles. The van der Waals surface area contributed by atoms with Gasteiger partial charge in [-0.1, -0.05) is 96.7 Å². The number of aromatic nitrogens is 2. The number of para-hydroxylation sites is 2. The van der Waals surface area contributed by atoms with E-state index in [9.17, 15) is 0 Å². The molecule has 6 aromatic rings. The van der Waals surface area contributed by atoms with Crippen molar-refractivity contribution in [2.75, 3.05) is 4.90 Å². The van der Waals surface area contributed by atoms with E-state index in [4.69, 9.17) is 9.97 Å². The zero-order chi connectivity index (χ0) is 23.9. The predicted molar refractivity (Wildman–Crippen MR) is 149 cm³/mol. The van der Waals surface area contributed by atoms with E-state index in [1.54, 1.807) is 0 Å². The molecule has 7 rings (SSSR count). The van der Waals surface area contributed by atoms with Crippen LogP contribution in [0.2, 0.25) is 0 Å². The van der Waals surface area contributed by atoms with E-state index in [-0.39, 0.29) is 0 Å². The smallest absolute Gasteiger partial charge is 0.160 e. The molecule has 0 amide bonds. The Bertz CT molecular complexity index is 1670. The average Bonchev–Trinajstić information content (AvgIpc) is 2.96. The van der Waals surface area contributed by atoms with Crippen LogP contribution in [0.25, 0.3) is 33.5 Å². The minimum atomic E-state index is 0.731. The highest BCUT2D eigenvalue weighted by Crippen LogP contribution is 2.51. The van der Waals surface area contributed by atoms with Crippen LogP contribution < -0.4 is 4.90 Å². The number of rotatable bonds is 3. The van der Waals surface area contributed by atoms with Gasteiger partial charge >= 0.3 is 0 Å². The second-order valence-corrected chi connectivity index (χ2v) is 9.79. The van der Waals surface area contributed by atoms with E-state index in [0.717, 1.165) is 39.2 Å². The first-order chi connectivity index (χ1) is 17.8. The lowest BCUT2D eigenvalue weighted by Gasteiger charge is -2.32. The third-order valence-corrected chi connectivity index (χ3v) is 7.58. The van der Waals surface area contributed by atoms with Crippen LogP contribution in [-0.2, 0) is 0 Å². The van der Waals surface area contributed by atoms with Crippen molar-refractivity contribution in [3.05, 3.63) is 127 Å². The van der Waals surface area contributed by atoms with Crippen LogP contribution in [0, 0.1) is 0 Å². The Hall–Kier alpha value is -4.41. The molecule has 0 aliphatic carbocycles. The fraction of sp³-hybridized carbons (Fsp3) is 0. The summed E-state index contributed by atoms with van der Waals surface area (Å²) in [6.45, 7) is 0. The van der Waals surface area contributed by atoms with Crippen molar-refractivity contribution in [2.45, 2.75) is 9.79 Å². The Labute approximate surface area is 214 Å². The minimum absolute atomic E-state index is 0.731. The van der Waals surface area contributed by atoms with Crippen LogP contribution in [0.1, 0.15) is 0 Å². The Kier molecular flexibility index (Phi) is 5.04. The number of benzene rings is 5. The first-order valence-electron chi connectivity index (χ1n) is 11.9. The Balaban J connectivity index is 1.47. The molecule has 0 saturated carbocycles. The lowest BCUT2D eigenvalue weighted by atomic mass is 10.0. The molecule has 2 heterocycles. The lowest BCUT2D eigenvalue weighted by molar-refractivity contribution is 1.16. The molecule has 1 aromatic heterocycles. The van der Waals surface area contributed by atoms with Gasteiger partial charge in [-0.2, -0.15) is 0 Å². The molecule has 36 heavy (non-hydrogen) atoms. The third kappa shape index (κ3) is 3.55. The minimum Gasteiger partial charge on any atom is -0.308 e. The average molecular weight is 480 g/mol. The van der Waals surface area contributed by atoms with Crippen molar-refractivity contribution in [3.63, 3.8) is 0 Å². The van der Waals surface area contributed by atoms with Gasteiger partial charge in [-0.3, -0.25) is 0 Å². The summed E-state index contributed by atoms with van der Waals surface area (Å²) >= 11 is 1.82. The van der Waals surface area contributed by atoms with Gasteiger partial charge in [0.2, 0.25) is 0 Å². The van der Waals surface area contributed by atoms with Crippen LogP contribution >= 0.6 is 11.8 Å². The van der Waals surface area contributed by atoms with Crippen molar-refractivity contribution in [2.24, 2.45) is 0 Å². The molecule has 1 aliphatic rings. The summed E-state index contributed by atoms with van der Waals surface area (Å²) in [7, 11) is 0. The first-order valence-corrected chi connectivity index (χ1v) is 12.8. The summed E-state index contributed by atoms with van der Waals surface area (Å²) in [5, 5.41) is 1.04. The Morgan fingerprint density at radius 3 is 1.78 bits per heavy atom. The fourth-order valence-electron chi connectivity index (χ4n) is 4.77. The molecular weight excluding hydrogens is 458 g/mol. The highest BCUT2D eigenvalue weighted by molar-refractivity contribution is 7.99. The maximum Gasteiger partial charge on any atom is 0.160 e. The number of nitrogens with zero attached hydrogens (tertiary/aromatic N) is 3. The molecule has 0 fully saturated rings. The molecule has 0 saturated heterocycles. The summed E-state index contributed by atoms with van der Waals surface area (Å²) in [6, 6.07) is 44.3. The molecule has 170 valence electrons. The fourth-order valence-corrected chi connectivity index (χ4v) is 5.83. The summed E-state index contributed by atoms with van der Waals surface area (Å²) in [6.07, 6.45) is 0. The van der Waals surface area contributed by atoms with Crippen LogP contribution in [0.5, 0.6) is 0 Å². The molecule has 0 atom stereocenters. The van der Waals surface area contributed by atoms with Gasteiger partial charge in [0.15, 0.2) is 5.82 Å². The number of anilines is 3. The van der Waals surface area contributed by atoms with Crippen molar-refractivity contribution in [3.8, 4) is 22.6 Å². The van der Waals surface area contributed by atoms with E-state index in [2.05, 4.69) is 108 Å². The monoisotopic (exact) mass is 479 g/mol.